The van der Waals surface area contributed by atoms with E-state index in [-0.39, 0.29) is 0 Å². The van der Waals surface area contributed by atoms with Crippen molar-refractivity contribution in [2.75, 3.05) is 7.05 Å². The molecule has 0 saturated carbocycles. The van der Waals surface area contributed by atoms with Crippen LogP contribution in [0.1, 0.15) is 5.56 Å². The molecule has 1 N–H and O–H groups in total. The van der Waals surface area contributed by atoms with Gasteiger partial charge in [0.05, 0.1) is 4.88 Å². The van der Waals surface area contributed by atoms with Gasteiger partial charge in [0.25, 0.3) is 0 Å². The molecule has 2 aromatic heterocycles. The summed E-state index contributed by atoms with van der Waals surface area (Å²) in [7, 11) is 3.97. The molecular formula is C10H13N3S. The van der Waals surface area contributed by atoms with Crippen LogP contribution >= 0.6 is 11.3 Å². The summed E-state index contributed by atoms with van der Waals surface area (Å²) in [5, 5.41) is 5.30. The van der Waals surface area contributed by atoms with Crippen LogP contribution in [0, 0.1) is 0 Å². The monoisotopic (exact) mass is 207 g/mol. The standard InChI is InChI=1S/C10H13N3S/c1-11-6-8-5-9(14-7-8)10-12-3-4-13(10)2/h3-5,7,11H,6H2,1-2H3. The van der Waals surface area contributed by atoms with E-state index in [1.165, 1.54) is 10.4 Å². The number of nitrogens with one attached hydrogen (secondary N) is 1. The first-order valence-electron chi connectivity index (χ1n) is 4.51. The van der Waals surface area contributed by atoms with Crippen molar-refractivity contribution in [3.8, 4) is 10.7 Å². The zero-order valence-electron chi connectivity index (χ0n) is 8.32. The van der Waals surface area contributed by atoms with Crippen molar-refractivity contribution in [3.63, 3.8) is 0 Å². The van der Waals surface area contributed by atoms with Gasteiger partial charge < -0.3 is 9.88 Å². The number of rotatable bonds is 3. The van der Waals surface area contributed by atoms with Gasteiger partial charge in [0.2, 0.25) is 0 Å². The quantitative estimate of drug-likeness (QED) is 0.832. The normalized spacial score (nSPS) is 10.7. The lowest BCUT2D eigenvalue weighted by atomic mass is 10.3. The van der Waals surface area contributed by atoms with Gasteiger partial charge in [-0.05, 0) is 24.1 Å². The molecule has 0 aliphatic heterocycles. The van der Waals surface area contributed by atoms with Crippen molar-refractivity contribution in [2.24, 2.45) is 7.05 Å². The van der Waals surface area contributed by atoms with Gasteiger partial charge in [0.1, 0.15) is 5.82 Å². The Bertz CT molecular complexity index is 416. The zero-order chi connectivity index (χ0) is 9.97. The number of imidazole rings is 1. The summed E-state index contributed by atoms with van der Waals surface area (Å²) in [6, 6.07) is 2.18. The Kier molecular flexibility index (Phi) is 2.65. The molecule has 74 valence electrons. The minimum absolute atomic E-state index is 0.918. The number of aryl methyl sites for hydroxylation is 1. The third-order valence-electron chi connectivity index (χ3n) is 2.08. The molecule has 0 unspecified atom stereocenters. The van der Waals surface area contributed by atoms with E-state index in [1.807, 2.05) is 31.1 Å². The highest BCUT2D eigenvalue weighted by Crippen LogP contribution is 2.25. The van der Waals surface area contributed by atoms with Gasteiger partial charge in [0, 0.05) is 26.0 Å². The smallest absolute Gasteiger partial charge is 0.149 e. The van der Waals surface area contributed by atoms with Gasteiger partial charge in [-0.1, -0.05) is 0 Å². The second-order valence-electron chi connectivity index (χ2n) is 3.21. The predicted octanol–water partition coefficient (Wildman–Crippen LogP) is 1.87. The second kappa shape index (κ2) is 3.94. The van der Waals surface area contributed by atoms with Gasteiger partial charge in [-0.3, -0.25) is 0 Å². The Hall–Kier alpha value is -1.13. The van der Waals surface area contributed by atoms with E-state index in [4.69, 9.17) is 0 Å². The number of nitrogens with zero attached hydrogens (tertiary/aromatic N) is 2. The first-order valence-corrected chi connectivity index (χ1v) is 5.39. The van der Waals surface area contributed by atoms with Crippen molar-refractivity contribution in [2.45, 2.75) is 6.54 Å². The zero-order valence-corrected chi connectivity index (χ0v) is 9.14. The third-order valence-corrected chi connectivity index (χ3v) is 3.05. The van der Waals surface area contributed by atoms with Crippen molar-refractivity contribution in [1.29, 1.82) is 0 Å². The highest BCUT2D eigenvalue weighted by atomic mass is 32.1. The Morgan fingerprint density at radius 2 is 2.43 bits per heavy atom. The molecule has 0 atom stereocenters. The minimum atomic E-state index is 0.918. The maximum absolute atomic E-state index is 4.31. The van der Waals surface area contributed by atoms with E-state index in [2.05, 4.69) is 21.7 Å². The molecule has 0 bridgehead atoms. The van der Waals surface area contributed by atoms with Gasteiger partial charge >= 0.3 is 0 Å². The summed E-state index contributed by atoms with van der Waals surface area (Å²) in [5.41, 5.74) is 1.32. The Labute approximate surface area is 87.4 Å². The highest BCUT2D eigenvalue weighted by Gasteiger charge is 2.05. The number of hydrogen-bond donors (Lipinski definition) is 1. The van der Waals surface area contributed by atoms with E-state index in [0.717, 1.165) is 12.4 Å². The number of thiophene rings is 1. The Balaban J connectivity index is 2.29. The summed E-state index contributed by atoms with van der Waals surface area (Å²) in [6.45, 7) is 0.918. The molecule has 0 amide bonds. The molecule has 0 aromatic carbocycles. The van der Waals surface area contributed by atoms with Crippen LogP contribution in [-0.4, -0.2) is 16.6 Å². The molecule has 0 saturated heterocycles. The average molecular weight is 207 g/mol. The fraction of sp³-hybridized carbons (Fsp3) is 0.300. The summed E-state index contributed by atoms with van der Waals surface area (Å²) in [6.07, 6.45) is 3.79. The Morgan fingerprint density at radius 3 is 3.07 bits per heavy atom. The van der Waals surface area contributed by atoms with Crippen molar-refractivity contribution in [1.82, 2.24) is 14.9 Å². The van der Waals surface area contributed by atoms with Gasteiger partial charge in [-0.15, -0.1) is 11.3 Å². The molecule has 3 nitrogen and oxygen atoms in total. The molecule has 2 rings (SSSR count). The van der Waals surface area contributed by atoms with Crippen LogP contribution in [0.3, 0.4) is 0 Å². The van der Waals surface area contributed by atoms with Crippen molar-refractivity contribution >= 4 is 11.3 Å². The molecular weight excluding hydrogens is 194 g/mol. The second-order valence-corrected chi connectivity index (χ2v) is 4.12. The fourth-order valence-corrected chi connectivity index (χ4v) is 2.34. The maximum atomic E-state index is 4.31. The first-order chi connectivity index (χ1) is 6.81. The summed E-state index contributed by atoms with van der Waals surface area (Å²) in [4.78, 5) is 5.54. The van der Waals surface area contributed by atoms with E-state index < -0.39 is 0 Å². The fourth-order valence-electron chi connectivity index (χ4n) is 1.39. The molecule has 0 fully saturated rings. The summed E-state index contributed by atoms with van der Waals surface area (Å²) in [5.74, 6) is 1.04. The van der Waals surface area contributed by atoms with Crippen LogP contribution in [-0.2, 0) is 13.6 Å². The van der Waals surface area contributed by atoms with Crippen LogP contribution in [0.5, 0.6) is 0 Å². The molecule has 0 aliphatic rings. The van der Waals surface area contributed by atoms with E-state index in [0.29, 0.717) is 0 Å². The molecule has 0 aliphatic carbocycles. The van der Waals surface area contributed by atoms with Crippen LogP contribution in [0.4, 0.5) is 0 Å². The molecule has 2 aromatic rings. The topological polar surface area (TPSA) is 29.9 Å². The molecule has 2 heterocycles. The molecule has 0 radical (unpaired) electrons. The van der Waals surface area contributed by atoms with Gasteiger partial charge in [-0.25, -0.2) is 4.98 Å². The van der Waals surface area contributed by atoms with Crippen molar-refractivity contribution < 1.29 is 0 Å². The van der Waals surface area contributed by atoms with Gasteiger partial charge in [0.15, 0.2) is 0 Å². The first kappa shape index (κ1) is 9.43. The van der Waals surface area contributed by atoms with Crippen molar-refractivity contribution in [3.05, 3.63) is 29.4 Å². The SMILES string of the molecule is CNCc1csc(-c2nccn2C)c1. The maximum Gasteiger partial charge on any atom is 0.149 e. The van der Waals surface area contributed by atoms with Gasteiger partial charge in [-0.2, -0.15) is 0 Å². The number of hydrogen-bond acceptors (Lipinski definition) is 3. The van der Waals surface area contributed by atoms with E-state index in [9.17, 15) is 0 Å². The molecule has 4 heteroatoms. The summed E-state index contributed by atoms with van der Waals surface area (Å²) < 4.78 is 2.04. The van der Waals surface area contributed by atoms with Crippen LogP contribution in [0.2, 0.25) is 0 Å². The average Bonchev–Trinajstić information content (AvgIpc) is 2.74. The lowest BCUT2D eigenvalue weighted by Gasteiger charge is -1.96. The molecule has 14 heavy (non-hydrogen) atoms. The van der Waals surface area contributed by atoms with Crippen LogP contribution < -0.4 is 5.32 Å². The summed E-state index contributed by atoms with van der Waals surface area (Å²) >= 11 is 1.74. The lowest BCUT2D eigenvalue weighted by molar-refractivity contribution is 0.821. The third kappa shape index (κ3) is 1.71. The minimum Gasteiger partial charge on any atom is -0.333 e. The Morgan fingerprint density at radius 1 is 1.57 bits per heavy atom. The molecule has 0 spiro atoms. The van der Waals surface area contributed by atoms with E-state index in [1.54, 1.807) is 11.3 Å². The highest BCUT2D eigenvalue weighted by molar-refractivity contribution is 7.13. The van der Waals surface area contributed by atoms with Crippen LogP contribution in [0.25, 0.3) is 10.7 Å². The largest absolute Gasteiger partial charge is 0.333 e. The van der Waals surface area contributed by atoms with Crippen LogP contribution in [0.15, 0.2) is 23.8 Å². The van der Waals surface area contributed by atoms with E-state index >= 15 is 0 Å². The lowest BCUT2D eigenvalue weighted by Crippen LogP contribution is -2.03. The number of aromatic nitrogens is 2. The predicted molar refractivity (Wildman–Crippen MR) is 59.3 cm³/mol.